The normalized spacial score (nSPS) is 12.0. The van der Waals surface area contributed by atoms with Gasteiger partial charge in [0.2, 0.25) is 0 Å². The first-order valence-corrected chi connectivity index (χ1v) is 12.1. The fourth-order valence-corrected chi connectivity index (χ4v) is 3.08. The first-order valence-electron chi connectivity index (χ1n) is 10.6. The van der Waals surface area contributed by atoms with Gasteiger partial charge in [-0.15, -0.1) is 0 Å². The number of ether oxygens (including phenoxy) is 2. The molecule has 0 radical (unpaired) electrons. The molecule has 9 heteroatoms. The smallest absolute Gasteiger partial charge is 0.748 e. The summed E-state index contributed by atoms with van der Waals surface area (Å²) in [5, 5.41) is -1.37. The minimum Gasteiger partial charge on any atom is -0.748 e. The van der Waals surface area contributed by atoms with E-state index in [1.54, 1.807) is 12.1 Å². The van der Waals surface area contributed by atoms with E-state index in [2.05, 4.69) is 6.92 Å². The SMILES string of the molecule is CCCCCCCCCCCOC(=O)c1ccccc1C(=O)OCC(C)S(=O)(=O)[O-].[K+]. The van der Waals surface area contributed by atoms with Crippen LogP contribution in [0, 0.1) is 0 Å². The number of hydrogen-bond donors (Lipinski definition) is 0. The van der Waals surface area contributed by atoms with E-state index in [1.807, 2.05) is 0 Å². The van der Waals surface area contributed by atoms with Crippen LogP contribution >= 0.6 is 0 Å². The average molecular weight is 481 g/mol. The molecular formula is C22H33KO7S. The standard InChI is InChI=1S/C22H34O7S.K/c1-3-4-5-6-7-8-9-10-13-16-28-21(23)19-14-11-12-15-20(19)22(24)29-17-18(2)30(25,26)27;/h11-12,14-15,18H,3-10,13,16-17H2,1-2H3,(H,25,26,27);/q;+1/p-1. The summed E-state index contributed by atoms with van der Waals surface area (Å²) in [4.78, 5) is 24.5. The summed E-state index contributed by atoms with van der Waals surface area (Å²) < 4.78 is 42.9. The molecule has 0 bridgehead atoms. The van der Waals surface area contributed by atoms with Crippen molar-refractivity contribution in [1.82, 2.24) is 0 Å². The van der Waals surface area contributed by atoms with Crippen LogP contribution in [0.25, 0.3) is 0 Å². The first kappa shape index (κ1) is 30.7. The molecule has 1 unspecified atom stereocenters. The molecule has 0 aliphatic heterocycles. The summed E-state index contributed by atoms with van der Waals surface area (Å²) in [7, 11) is -4.55. The van der Waals surface area contributed by atoms with Crippen molar-refractivity contribution in [3.05, 3.63) is 35.4 Å². The van der Waals surface area contributed by atoms with E-state index in [4.69, 9.17) is 9.47 Å². The van der Waals surface area contributed by atoms with Crippen molar-refractivity contribution >= 4 is 22.1 Å². The van der Waals surface area contributed by atoms with Crippen molar-refractivity contribution in [2.75, 3.05) is 13.2 Å². The molecule has 0 aliphatic rings. The predicted octanol–water partition coefficient (Wildman–Crippen LogP) is 1.47. The Kier molecular flexibility index (Phi) is 17.1. The third-order valence-corrected chi connectivity index (χ3v) is 5.91. The van der Waals surface area contributed by atoms with Gasteiger partial charge in [-0.25, -0.2) is 18.0 Å². The molecule has 1 atom stereocenters. The van der Waals surface area contributed by atoms with E-state index in [0.29, 0.717) is 0 Å². The van der Waals surface area contributed by atoms with Crippen LogP contribution in [0.3, 0.4) is 0 Å². The van der Waals surface area contributed by atoms with Crippen molar-refractivity contribution in [1.29, 1.82) is 0 Å². The van der Waals surface area contributed by atoms with Crippen LogP contribution < -0.4 is 51.4 Å². The Morgan fingerprint density at radius 2 is 1.32 bits per heavy atom. The van der Waals surface area contributed by atoms with Gasteiger partial charge in [0.15, 0.2) is 0 Å². The van der Waals surface area contributed by atoms with Crippen molar-refractivity contribution in [2.45, 2.75) is 76.9 Å². The predicted molar refractivity (Wildman–Crippen MR) is 113 cm³/mol. The number of esters is 2. The van der Waals surface area contributed by atoms with Gasteiger partial charge in [-0.3, -0.25) is 0 Å². The molecule has 0 aliphatic carbocycles. The van der Waals surface area contributed by atoms with Crippen LogP contribution in [0.5, 0.6) is 0 Å². The molecule has 1 aromatic rings. The van der Waals surface area contributed by atoms with Crippen molar-refractivity contribution < 1.29 is 83.4 Å². The summed E-state index contributed by atoms with van der Waals surface area (Å²) in [5.41, 5.74) is 0.0288. The molecule has 0 amide bonds. The van der Waals surface area contributed by atoms with Crippen LogP contribution in [0.2, 0.25) is 0 Å². The van der Waals surface area contributed by atoms with Gasteiger partial charge < -0.3 is 14.0 Å². The molecule has 0 aromatic heterocycles. The molecule has 31 heavy (non-hydrogen) atoms. The van der Waals surface area contributed by atoms with E-state index in [1.165, 1.54) is 50.7 Å². The number of rotatable bonds is 15. The molecule has 1 rings (SSSR count). The number of benzene rings is 1. The second kappa shape index (κ2) is 17.2. The Morgan fingerprint density at radius 1 is 0.871 bits per heavy atom. The van der Waals surface area contributed by atoms with Gasteiger partial charge in [-0.05, 0) is 25.5 Å². The van der Waals surface area contributed by atoms with Gasteiger partial charge >= 0.3 is 63.3 Å². The molecular weight excluding hydrogens is 447 g/mol. The zero-order chi connectivity index (χ0) is 22.4. The zero-order valence-electron chi connectivity index (χ0n) is 18.9. The monoisotopic (exact) mass is 480 g/mol. The summed E-state index contributed by atoms with van der Waals surface area (Å²) >= 11 is 0. The van der Waals surface area contributed by atoms with Gasteiger partial charge in [0.05, 0.1) is 23.0 Å². The van der Waals surface area contributed by atoms with Gasteiger partial charge in [0, 0.05) is 0 Å². The topological polar surface area (TPSA) is 110 Å². The Morgan fingerprint density at radius 3 is 1.81 bits per heavy atom. The molecule has 170 valence electrons. The minimum absolute atomic E-state index is 0. The maximum Gasteiger partial charge on any atom is 1.00 e. The average Bonchev–Trinajstić information content (AvgIpc) is 2.72. The van der Waals surface area contributed by atoms with Crippen LogP contribution in [0.4, 0.5) is 0 Å². The largest absolute Gasteiger partial charge is 1.00 e. The van der Waals surface area contributed by atoms with Crippen LogP contribution in [-0.4, -0.2) is 43.4 Å². The van der Waals surface area contributed by atoms with Crippen LogP contribution in [0.1, 0.15) is 92.4 Å². The molecule has 0 N–H and O–H groups in total. The second-order valence-corrected chi connectivity index (χ2v) is 9.20. The third kappa shape index (κ3) is 13.1. The van der Waals surface area contributed by atoms with Gasteiger partial charge in [-0.2, -0.15) is 0 Å². The van der Waals surface area contributed by atoms with Crippen LogP contribution in [0.15, 0.2) is 24.3 Å². The maximum absolute atomic E-state index is 12.3. The van der Waals surface area contributed by atoms with Crippen molar-refractivity contribution in [2.24, 2.45) is 0 Å². The van der Waals surface area contributed by atoms with Gasteiger partial charge in [-0.1, -0.05) is 70.4 Å². The number of carbonyl (C=O) groups excluding carboxylic acids is 2. The number of carbonyl (C=O) groups is 2. The number of hydrogen-bond acceptors (Lipinski definition) is 7. The Hall–Kier alpha value is -0.294. The van der Waals surface area contributed by atoms with Crippen molar-refractivity contribution in [3.8, 4) is 0 Å². The summed E-state index contributed by atoms with van der Waals surface area (Å²) in [6.07, 6.45) is 10.4. The molecule has 0 saturated carbocycles. The van der Waals surface area contributed by atoms with E-state index in [0.717, 1.165) is 26.2 Å². The fraction of sp³-hybridized carbons (Fsp3) is 0.636. The quantitative estimate of drug-likeness (QED) is 0.162. The molecule has 0 spiro atoms. The Balaban J connectivity index is 0.00000900. The van der Waals surface area contributed by atoms with Crippen LogP contribution in [-0.2, 0) is 19.6 Å². The van der Waals surface area contributed by atoms with Gasteiger partial charge in [0.25, 0.3) is 0 Å². The van der Waals surface area contributed by atoms with Gasteiger partial charge in [0.1, 0.15) is 16.7 Å². The first-order chi connectivity index (χ1) is 14.3. The fourth-order valence-electron chi connectivity index (χ4n) is 2.85. The zero-order valence-corrected chi connectivity index (χ0v) is 22.9. The van der Waals surface area contributed by atoms with E-state index in [9.17, 15) is 22.6 Å². The summed E-state index contributed by atoms with van der Waals surface area (Å²) in [5.74, 6) is -1.51. The molecule has 0 heterocycles. The van der Waals surface area contributed by atoms with E-state index < -0.39 is 33.9 Å². The Bertz CT molecular complexity index is 765. The molecule has 0 saturated heterocycles. The second-order valence-electron chi connectivity index (χ2n) is 7.41. The third-order valence-electron chi connectivity index (χ3n) is 4.79. The molecule has 1 aromatic carbocycles. The summed E-state index contributed by atoms with van der Waals surface area (Å²) in [6, 6.07) is 6.00. The van der Waals surface area contributed by atoms with Crippen molar-refractivity contribution in [3.63, 3.8) is 0 Å². The Labute approximate surface area is 228 Å². The molecule has 0 fully saturated rings. The molecule has 7 nitrogen and oxygen atoms in total. The maximum atomic E-state index is 12.3. The van der Waals surface area contributed by atoms with E-state index in [-0.39, 0.29) is 69.1 Å². The number of unbranched alkanes of at least 4 members (excludes halogenated alkanes) is 8. The van der Waals surface area contributed by atoms with E-state index >= 15 is 0 Å². The summed E-state index contributed by atoms with van der Waals surface area (Å²) in [6.45, 7) is 3.04. The minimum atomic E-state index is -4.55.